The summed E-state index contributed by atoms with van der Waals surface area (Å²) in [6.07, 6.45) is 3.69. The van der Waals surface area contributed by atoms with Crippen molar-refractivity contribution >= 4 is 6.29 Å². The van der Waals surface area contributed by atoms with Gasteiger partial charge in [0.1, 0.15) is 0 Å². The minimum Gasteiger partial charge on any atom is -0.376 e. The Morgan fingerprint density at radius 2 is 1.63 bits per heavy atom. The van der Waals surface area contributed by atoms with Crippen molar-refractivity contribution in [1.29, 1.82) is 0 Å². The number of aromatic nitrogens is 3. The van der Waals surface area contributed by atoms with E-state index >= 15 is 0 Å². The van der Waals surface area contributed by atoms with Crippen LogP contribution in [0.3, 0.4) is 0 Å². The third-order valence-corrected chi connectivity index (χ3v) is 3.67. The zero-order valence-corrected chi connectivity index (χ0v) is 16.2. The Morgan fingerprint density at radius 1 is 0.926 bits per heavy atom. The molecule has 1 aromatic heterocycles. The summed E-state index contributed by atoms with van der Waals surface area (Å²) in [4.78, 5) is 9.88. The number of hydrogen-bond acceptors (Lipinski definition) is 3. The van der Waals surface area contributed by atoms with Crippen molar-refractivity contribution in [3.05, 3.63) is 102 Å². The van der Waals surface area contributed by atoms with Gasteiger partial charge >= 0.3 is 20.4 Å². The number of rotatable bonds is 3. The molecule has 1 heterocycles. The molecule has 0 saturated heterocycles. The van der Waals surface area contributed by atoms with Gasteiger partial charge in [0.25, 0.3) is 0 Å². The average molecular weight is 446 g/mol. The van der Waals surface area contributed by atoms with Crippen LogP contribution in [0, 0.1) is 13.0 Å². The fraction of sp³-hybridized carbons (Fsp3) is 0.0455. The molecule has 3 aromatic carbocycles. The smallest absolute Gasteiger partial charge is 0.376 e. The first-order valence-electron chi connectivity index (χ1n) is 8.16. The maximum Gasteiger partial charge on any atom is 2.00 e. The monoisotopic (exact) mass is 445 g/mol. The summed E-state index contributed by atoms with van der Waals surface area (Å²) in [5, 5.41) is 8.31. The van der Waals surface area contributed by atoms with Gasteiger partial charge in [-0.25, -0.2) is 4.68 Å². The second kappa shape index (κ2) is 10.3. The van der Waals surface area contributed by atoms with Gasteiger partial charge in [0.2, 0.25) is 0 Å². The molecule has 0 aliphatic rings. The molecule has 0 amide bonds. The minimum atomic E-state index is 0. The summed E-state index contributed by atoms with van der Waals surface area (Å²) in [6, 6.07) is 28.0. The molecule has 0 saturated carbocycles. The predicted molar refractivity (Wildman–Crippen MR) is 102 cm³/mol. The van der Waals surface area contributed by atoms with Crippen LogP contribution in [0.15, 0.2) is 85.1 Å². The number of carbonyl (C=O) groups excluding carboxylic acids is 1. The van der Waals surface area contributed by atoms with Crippen molar-refractivity contribution in [2.45, 2.75) is 6.92 Å². The Labute approximate surface area is 172 Å². The molecule has 0 N–H and O–H groups in total. The quantitative estimate of drug-likeness (QED) is 0.351. The van der Waals surface area contributed by atoms with E-state index < -0.39 is 0 Å². The molecule has 0 spiro atoms. The third-order valence-electron chi connectivity index (χ3n) is 3.67. The Balaban J connectivity index is 0.000000247. The van der Waals surface area contributed by atoms with Gasteiger partial charge in [-0.1, -0.05) is 29.0 Å². The molecule has 0 aliphatic heterocycles. The topological polar surface area (TPSA) is 47.8 Å². The van der Waals surface area contributed by atoms with E-state index in [4.69, 9.17) is 0 Å². The third kappa shape index (κ3) is 5.82. The average Bonchev–Trinajstić information content (AvgIpc) is 3.21. The molecular weight excluding hydrogens is 429 g/mol. The molecule has 136 valence electrons. The Bertz CT molecular complexity index is 952. The molecule has 0 fully saturated rings. The number of aryl methyl sites for hydroxylation is 1. The van der Waals surface area contributed by atoms with Crippen molar-refractivity contribution in [2.24, 2.45) is 0 Å². The summed E-state index contributed by atoms with van der Waals surface area (Å²) >= 11 is 0. The molecule has 0 radical (unpaired) electrons. The van der Waals surface area contributed by atoms with E-state index in [0.29, 0.717) is 5.56 Å². The van der Waals surface area contributed by atoms with Crippen molar-refractivity contribution in [1.82, 2.24) is 15.0 Å². The normalized spacial score (nSPS) is 9.52. The predicted octanol–water partition coefficient (Wildman–Crippen LogP) is 4.18. The van der Waals surface area contributed by atoms with E-state index in [1.807, 2.05) is 48.7 Å². The summed E-state index contributed by atoms with van der Waals surface area (Å²) in [7, 11) is 0. The second-order valence-electron chi connectivity index (χ2n) is 5.63. The number of hydrogen-bond donors (Lipinski definition) is 0. The SMILES string of the molecule is Cc1ccc(-n2cc(-c3[c-]cccc3)nn2)cc1.O=[C-]c1ccccc1.[Pd+2]. The molecule has 4 rings (SSSR count). The van der Waals surface area contributed by atoms with Crippen LogP contribution in [0.25, 0.3) is 16.9 Å². The second-order valence-corrected chi connectivity index (χ2v) is 5.63. The van der Waals surface area contributed by atoms with E-state index in [0.717, 1.165) is 16.9 Å². The molecule has 4 aromatic rings. The van der Waals surface area contributed by atoms with Gasteiger partial charge in [-0.2, -0.15) is 22.8 Å². The van der Waals surface area contributed by atoms with Crippen LogP contribution in [0.2, 0.25) is 0 Å². The van der Waals surface area contributed by atoms with Crippen molar-refractivity contribution in [2.75, 3.05) is 0 Å². The van der Waals surface area contributed by atoms with Gasteiger partial charge in [0.15, 0.2) is 0 Å². The first-order valence-corrected chi connectivity index (χ1v) is 8.16. The van der Waals surface area contributed by atoms with Crippen LogP contribution in [-0.2, 0) is 25.2 Å². The van der Waals surface area contributed by atoms with E-state index in [9.17, 15) is 4.79 Å². The first-order chi connectivity index (χ1) is 12.8. The molecular formula is C22H17N3OPd. The summed E-state index contributed by atoms with van der Waals surface area (Å²) in [6.45, 7) is 2.06. The van der Waals surface area contributed by atoms with Gasteiger partial charge < -0.3 is 4.79 Å². The molecule has 0 atom stereocenters. The van der Waals surface area contributed by atoms with Gasteiger partial charge in [-0.15, -0.1) is 48.0 Å². The standard InChI is InChI=1S/C15H12N3.C7H5O.Pd/c1-12-7-9-14(10-8-12)18-11-15(16-17-18)13-5-3-2-4-6-13;8-6-7-4-2-1-3-5-7;/h2-5,7-11H,1H3;1-5H;/q2*-1;+2. The zero-order chi connectivity index (χ0) is 18.2. The van der Waals surface area contributed by atoms with Crippen LogP contribution in [0.5, 0.6) is 0 Å². The van der Waals surface area contributed by atoms with E-state index in [2.05, 4.69) is 35.4 Å². The van der Waals surface area contributed by atoms with Crippen LogP contribution >= 0.6 is 0 Å². The molecule has 0 aliphatic carbocycles. The van der Waals surface area contributed by atoms with E-state index in [1.165, 1.54) is 5.56 Å². The first kappa shape index (κ1) is 20.4. The molecule has 0 unspecified atom stereocenters. The van der Waals surface area contributed by atoms with Crippen molar-refractivity contribution in [3.63, 3.8) is 0 Å². The van der Waals surface area contributed by atoms with E-state index in [-0.39, 0.29) is 20.4 Å². The zero-order valence-electron chi connectivity index (χ0n) is 14.6. The fourth-order valence-electron chi connectivity index (χ4n) is 2.27. The van der Waals surface area contributed by atoms with Crippen molar-refractivity contribution < 1.29 is 25.2 Å². The molecule has 0 bridgehead atoms. The largest absolute Gasteiger partial charge is 2.00 e. The summed E-state index contributed by atoms with van der Waals surface area (Å²) in [5.41, 5.74) is 4.63. The van der Waals surface area contributed by atoms with Gasteiger partial charge in [-0.05, 0) is 19.1 Å². The summed E-state index contributed by atoms with van der Waals surface area (Å²) < 4.78 is 1.77. The van der Waals surface area contributed by atoms with Gasteiger partial charge in [-0.3, -0.25) is 0 Å². The number of nitrogens with zero attached hydrogens (tertiary/aromatic N) is 3. The Morgan fingerprint density at radius 3 is 2.22 bits per heavy atom. The Hall–Kier alpha value is -2.87. The van der Waals surface area contributed by atoms with Gasteiger partial charge in [0.05, 0.1) is 12.0 Å². The number of benzene rings is 3. The summed E-state index contributed by atoms with van der Waals surface area (Å²) in [5.74, 6) is 0. The molecule has 27 heavy (non-hydrogen) atoms. The minimum absolute atomic E-state index is 0. The van der Waals surface area contributed by atoms with Crippen LogP contribution < -0.4 is 0 Å². The fourth-order valence-corrected chi connectivity index (χ4v) is 2.27. The van der Waals surface area contributed by atoms with Crippen LogP contribution in [-0.4, -0.2) is 21.3 Å². The van der Waals surface area contributed by atoms with Crippen molar-refractivity contribution in [3.8, 4) is 16.9 Å². The maximum atomic E-state index is 9.88. The molecule has 4 nitrogen and oxygen atoms in total. The maximum absolute atomic E-state index is 9.88. The van der Waals surface area contributed by atoms with Gasteiger partial charge in [0, 0.05) is 11.9 Å². The van der Waals surface area contributed by atoms with Crippen LogP contribution in [0.1, 0.15) is 11.1 Å². The Kier molecular flexibility index (Phi) is 7.82. The van der Waals surface area contributed by atoms with Crippen LogP contribution in [0.4, 0.5) is 0 Å². The molecule has 5 heteroatoms. The van der Waals surface area contributed by atoms with E-state index in [1.54, 1.807) is 35.2 Å².